The number of unbranched alkanes of at least 4 members (excludes halogenated alkanes) is 11. The summed E-state index contributed by atoms with van der Waals surface area (Å²) in [7, 11) is 0. The van der Waals surface area contributed by atoms with E-state index in [0.717, 1.165) is 38.5 Å². The monoisotopic (exact) mass is 467 g/mol. The quantitative estimate of drug-likeness (QED) is 0.110. The standard InChI is InChI=1S/C28H53NO4/c1-3-5-7-9-11-13-15-16-18-20-22-26(31)28(33)25(24-30)29-27(32)23-21-19-17-14-12-10-8-6-4-2/h14-17,25-26,28,30-31,33H,3-13,18-24H2,1-2H3,(H,29,32)/b16-15+,17-14-. The number of amides is 1. The fraction of sp³-hybridized carbons (Fsp3) is 0.821. The van der Waals surface area contributed by atoms with Gasteiger partial charge in [-0.05, 0) is 57.8 Å². The molecule has 3 atom stereocenters. The van der Waals surface area contributed by atoms with Crippen molar-refractivity contribution in [1.29, 1.82) is 0 Å². The molecular formula is C28H53NO4. The van der Waals surface area contributed by atoms with Gasteiger partial charge in [0.2, 0.25) is 5.91 Å². The number of hydrogen-bond donors (Lipinski definition) is 4. The summed E-state index contributed by atoms with van der Waals surface area (Å²) in [6.07, 6.45) is 24.2. The molecule has 1 amide bonds. The fourth-order valence-corrected chi connectivity index (χ4v) is 3.81. The average molecular weight is 468 g/mol. The lowest BCUT2D eigenvalue weighted by Crippen LogP contribution is -2.50. The van der Waals surface area contributed by atoms with Gasteiger partial charge in [-0.3, -0.25) is 4.79 Å². The van der Waals surface area contributed by atoms with E-state index < -0.39 is 18.2 Å². The van der Waals surface area contributed by atoms with Gasteiger partial charge in [0.25, 0.3) is 0 Å². The van der Waals surface area contributed by atoms with Gasteiger partial charge in [-0.2, -0.15) is 0 Å². The number of aliphatic hydroxyl groups is 3. The summed E-state index contributed by atoms with van der Waals surface area (Å²) in [6, 6.07) is -0.833. The molecule has 0 radical (unpaired) electrons. The van der Waals surface area contributed by atoms with Crippen LogP contribution in [0.2, 0.25) is 0 Å². The van der Waals surface area contributed by atoms with Crippen molar-refractivity contribution in [3.8, 4) is 0 Å². The topological polar surface area (TPSA) is 89.8 Å². The average Bonchev–Trinajstić information content (AvgIpc) is 2.82. The third kappa shape index (κ3) is 20.0. The maximum atomic E-state index is 12.1. The zero-order valence-corrected chi connectivity index (χ0v) is 21.5. The lowest BCUT2D eigenvalue weighted by atomic mass is 10.0. The minimum atomic E-state index is -1.16. The first-order valence-corrected chi connectivity index (χ1v) is 13.6. The highest BCUT2D eigenvalue weighted by molar-refractivity contribution is 5.76. The Morgan fingerprint density at radius 3 is 1.76 bits per heavy atom. The Morgan fingerprint density at radius 2 is 1.21 bits per heavy atom. The van der Waals surface area contributed by atoms with Crippen LogP contribution in [0.25, 0.3) is 0 Å². The van der Waals surface area contributed by atoms with Crippen LogP contribution in [-0.4, -0.2) is 46.1 Å². The fourth-order valence-electron chi connectivity index (χ4n) is 3.81. The first-order valence-electron chi connectivity index (χ1n) is 13.6. The highest BCUT2D eigenvalue weighted by Crippen LogP contribution is 2.11. The second kappa shape index (κ2) is 24.0. The molecule has 3 unspecified atom stereocenters. The van der Waals surface area contributed by atoms with Gasteiger partial charge in [-0.1, -0.05) is 83.1 Å². The van der Waals surface area contributed by atoms with E-state index in [0.29, 0.717) is 12.8 Å². The van der Waals surface area contributed by atoms with Gasteiger partial charge in [-0.25, -0.2) is 0 Å². The third-order valence-corrected chi connectivity index (χ3v) is 6.03. The van der Waals surface area contributed by atoms with Crippen molar-refractivity contribution in [3.63, 3.8) is 0 Å². The zero-order valence-electron chi connectivity index (χ0n) is 21.5. The van der Waals surface area contributed by atoms with E-state index in [1.165, 1.54) is 57.8 Å². The van der Waals surface area contributed by atoms with Crippen molar-refractivity contribution >= 4 is 5.91 Å². The van der Waals surface area contributed by atoms with Crippen LogP contribution < -0.4 is 5.32 Å². The first kappa shape index (κ1) is 31.8. The van der Waals surface area contributed by atoms with E-state index in [2.05, 4.69) is 43.5 Å². The van der Waals surface area contributed by atoms with Crippen LogP contribution in [0.3, 0.4) is 0 Å². The lowest BCUT2D eigenvalue weighted by molar-refractivity contribution is -0.124. The molecule has 0 rings (SSSR count). The van der Waals surface area contributed by atoms with E-state index in [1.807, 2.05) is 0 Å². The van der Waals surface area contributed by atoms with Crippen LogP contribution >= 0.6 is 0 Å². The summed E-state index contributed by atoms with van der Waals surface area (Å²) >= 11 is 0. The van der Waals surface area contributed by atoms with Crippen molar-refractivity contribution < 1.29 is 20.1 Å². The molecule has 0 aliphatic rings. The van der Waals surface area contributed by atoms with Gasteiger partial charge >= 0.3 is 0 Å². The van der Waals surface area contributed by atoms with Crippen molar-refractivity contribution in [2.45, 2.75) is 141 Å². The normalized spacial score (nSPS) is 14.7. The number of carbonyl (C=O) groups is 1. The predicted molar refractivity (Wildman–Crippen MR) is 139 cm³/mol. The molecule has 0 heterocycles. The van der Waals surface area contributed by atoms with Crippen LogP contribution in [0.5, 0.6) is 0 Å². The van der Waals surface area contributed by atoms with Crippen molar-refractivity contribution in [3.05, 3.63) is 24.3 Å². The summed E-state index contributed by atoms with van der Waals surface area (Å²) in [5, 5.41) is 32.8. The van der Waals surface area contributed by atoms with Gasteiger partial charge in [0.1, 0.15) is 6.10 Å². The zero-order chi connectivity index (χ0) is 24.6. The molecule has 5 heteroatoms. The van der Waals surface area contributed by atoms with E-state index in [-0.39, 0.29) is 12.5 Å². The van der Waals surface area contributed by atoms with Crippen LogP contribution in [-0.2, 0) is 4.79 Å². The number of nitrogens with one attached hydrogen (secondary N) is 1. The number of allylic oxidation sites excluding steroid dienone is 4. The molecule has 0 spiro atoms. The molecule has 4 N–H and O–H groups in total. The number of aliphatic hydroxyl groups excluding tert-OH is 3. The molecule has 5 nitrogen and oxygen atoms in total. The van der Waals surface area contributed by atoms with Gasteiger partial charge < -0.3 is 20.6 Å². The van der Waals surface area contributed by atoms with Crippen molar-refractivity contribution in [1.82, 2.24) is 5.32 Å². The molecule has 0 aromatic heterocycles. The van der Waals surface area contributed by atoms with Gasteiger partial charge in [-0.15, -0.1) is 0 Å². The highest BCUT2D eigenvalue weighted by Gasteiger charge is 2.26. The third-order valence-electron chi connectivity index (χ3n) is 6.03. The number of carbonyl (C=O) groups excluding carboxylic acids is 1. The minimum Gasteiger partial charge on any atom is -0.394 e. The minimum absolute atomic E-state index is 0.196. The maximum absolute atomic E-state index is 12.1. The Balaban J connectivity index is 3.94. The summed E-state index contributed by atoms with van der Waals surface area (Å²) in [5.41, 5.74) is 0. The van der Waals surface area contributed by atoms with Crippen LogP contribution in [0.1, 0.15) is 123 Å². The Hall–Kier alpha value is -1.17. The van der Waals surface area contributed by atoms with Crippen molar-refractivity contribution in [2.24, 2.45) is 0 Å². The van der Waals surface area contributed by atoms with Crippen LogP contribution in [0.4, 0.5) is 0 Å². The predicted octanol–water partition coefficient (Wildman–Crippen LogP) is 5.97. The summed E-state index contributed by atoms with van der Waals surface area (Å²) in [4.78, 5) is 12.1. The van der Waals surface area contributed by atoms with Gasteiger partial charge in [0.05, 0.1) is 18.8 Å². The Bertz CT molecular complexity index is 492. The molecule has 194 valence electrons. The summed E-state index contributed by atoms with van der Waals surface area (Å²) in [5.74, 6) is -0.196. The molecule has 0 fully saturated rings. The number of hydrogen-bond acceptors (Lipinski definition) is 4. The highest BCUT2D eigenvalue weighted by atomic mass is 16.3. The SMILES string of the molecule is CCCCCC/C=C\CCCC(=O)NC(CO)C(O)C(O)CCC/C=C/CCCCCCC. The molecule has 0 aliphatic carbocycles. The smallest absolute Gasteiger partial charge is 0.220 e. The molecule has 0 bridgehead atoms. The number of rotatable bonds is 23. The molecule has 33 heavy (non-hydrogen) atoms. The largest absolute Gasteiger partial charge is 0.394 e. The molecule has 0 aliphatic heterocycles. The Kier molecular flexibility index (Phi) is 23.1. The Morgan fingerprint density at radius 1 is 0.727 bits per heavy atom. The lowest BCUT2D eigenvalue weighted by Gasteiger charge is -2.26. The second-order valence-electron chi connectivity index (χ2n) is 9.23. The summed E-state index contributed by atoms with van der Waals surface area (Å²) < 4.78 is 0. The molecule has 0 saturated heterocycles. The Labute approximate surface area is 203 Å². The molecule has 0 saturated carbocycles. The molecular weight excluding hydrogens is 414 g/mol. The van der Waals surface area contributed by atoms with Gasteiger partial charge in [0, 0.05) is 6.42 Å². The van der Waals surface area contributed by atoms with Crippen LogP contribution in [0.15, 0.2) is 24.3 Å². The van der Waals surface area contributed by atoms with Crippen molar-refractivity contribution in [2.75, 3.05) is 6.61 Å². The van der Waals surface area contributed by atoms with E-state index >= 15 is 0 Å². The molecule has 0 aromatic rings. The molecule has 0 aromatic carbocycles. The van der Waals surface area contributed by atoms with Gasteiger partial charge in [0.15, 0.2) is 0 Å². The summed E-state index contributed by atoms with van der Waals surface area (Å²) in [6.45, 7) is 4.04. The second-order valence-corrected chi connectivity index (χ2v) is 9.23. The van der Waals surface area contributed by atoms with Crippen LogP contribution in [0, 0.1) is 0 Å². The maximum Gasteiger partial charge on any atom is 0.220 e. The van der Waals surface area contributed by atoms with E-state index in [4.69, 9.17) is 0 Å². The van der Waals surface area contributed by atoms with E-state index in [9.17, 15) is 20.1 Å². The van der Waals surface area contributed by atoms with E-state index in [1.54, 1.807) is 0 Å². The first-order chi connectivity index (χ1) is 16.1.